The molecular formula is C21H19N3O2. The molecule has 2 aromatic heterocycles. The van der Waals surface area contributed by atoms with Gasteiger partial charge in [-0.3, -0.25) is 9.78 Å². The van der Waals surface area contributed by atoms with Gasteiger partial charge in [0.15, 0.2) is 0 Å². The van der Waals surface area contributed by atoms with Crippen molar-refractivity contribution in [2.45, 2.75) is 6.92 Å². The first-order valence-corrected chi connectivity index (χ1v) is 8.16. The third-order valence-corrected chi connectivity index (χ3v) is 3.91. The van der Waals surface area contributed by atoms with Crippen LogP contribution in [0.25, 0.3) is 17.2 Å². The Balaban J connectivity index is 1.77. The van der Waals surface area contributed by atoms with E-state index in [1.165, 1.54) is 6.08 Å². The summed E-state index contributed by atoms with van der Waals surface area (Å²) < 4.78 is 5.08. The number of nitrogens with zero attached hydrogens (tertiary/aromatic N) is 2. The summed E-state index contributed by atoms with van der Waals surface area (Å²) >= 11 is 0. The molecule has 0 saturated heterocycles. The molecule has 0 spiro atoms. The first-order chi connectivity index (χ1) is 12.7. The second-order valence-electron chi connectivity index (χ2n) is 5.72. The summed E-state index contributed by atoms with van der Waals surface area (Å²) in [6.07, 6.45) is 8.39. The summed E-state index contributed by atoms with van der Waals surface area (Å²) in [7, 11) is 1.58. The van der Waals surface area contributed by atoms with Crippen LogP contribution in [0.4, 0.5) is 5.69 Å². The van der Waals surface area contributed by atoms with Crippen LogP contribution in [0.3, 0.4) is 0 Å². The van der Waals surface area contributed by atoms with Crippen molar-refractivity contribution in [1.29, 1.82) is 0 Å². The SMILES string of the molecule is COc1ccc(-c2ccc(C)c(NC(=O)/C=C/c3ccncc3)c2)cn1. The Morgan fingerprint density at radius 3 is 2.54 bits per heavy atom. The Morgan fingerprint density at radius 1 is 1.08 bits per heavy atom. The quantitative estimate of drug-likeness (QED) is 0.707. The standard InChI is InChI=1S/C21H19N3O2/c1-15-3-5-17(18-6-8-21(26-2)23-14-18)13-19(15)24-20(25)7-4-16-9-11-22-12-10-16/h3-14H,1-2H3,(H,24,25)/b7-4+. The van der Waals surface area contributed by atoms with Gasteiger partial charge in [-0.1, -0.05) is 12.1 Å². The number of aromatic nitrogens is 2. The second kappa shape index (κ2) is 8.07. The Kier molecular flexibility index (Phi) is 5.39. The summed E-state index contributed by atoms with van der Waals surface area (Å²) in [5, 5.41) is 2.93. The minimum atomic E-state index is -0.185. The van der Waals surface area contributed by atoms with Gasteiger partial charge in [-0.2, -0.15) is 0 Å². The number of carbonyl (C=O) groups excluding carboxylic acids is 1. The van der Waals surface area contributed by atoms with E-state index in [9.17, 15) is 4.79 Å². The summed E-state index contributed by atoms with van der Waals surface area (Å²) in [6, 6.07) is 13.3. The van der Waals surface area contributed by atoms with Gasteiger partial charge in [0.25, 0.3) is 0 Å². The lowest BCUT2D eigenvalue weighted by Crippen LogP contribution is -2.09. The number of anilines is 1. The average Bonchev–Trinajstić information content (AvgIpc) is 2.69. The Labute approximate surface area is 152 Å². The third-order valence-electron chi connectivity index (χ3n) is 3.91. The number of carbonyl (C=O) groups is 1. The number of aryl methyl sites for hydroxylation is 1. The minimum Gasteiger partial charge on any atom is -0.481 e. The van der Waals surface area contributed by atoms with Crippen molar-refractivity contribution >= 4 is 17.7 Å². The lowest BCUT2D eigenvalue weighted by Gasteiger charge is -2.10. The molecule has 2 heterocycles. The molecule has 0 atom stereocenters. The number of ether oxygens (including phenoxy) is 1. The van der Waals surface area contributed by atoms with E-state index in [4.69, 9.17) is 4.74 Å². The summed E-state index contributed by atoms with van der Waals surface area (Å²) in [5.74, 6) is 0.380. The maximum Gasteiger partial charge on any atom is 0.248 e. The average molecular weight is 345 g/mol. The van der Waals surface area contributed by atoms with E-state index in [0.29, 0.717) is 5.88 Å². The zero-order valence-corrected chi connectivity index (χ0v) is 14.6. The predicted molar refractivity (Wildman–Crippen MR) is 103 cm³/mol. The number of benzene rings is 1. The highest BCUT2D eigenvalue weighted by molar-refractivity contribution is 6.02. The molecule has 0 fully saturated rings. The van der Waals surface area contributed by atoms with E-state index >= 15 is 0 Å². The summed E-state index contributed by atoms with van der Waals surface area (Å²) in [5.41, 5.74) is 4.60. The van der Waals surface area contributed by atoms with Crippen molar-refractivity contribution < 1.29 is 9.53 Å². The molecule has 3 aromatic rings. The molecule has 5 nitrogen and oxygen atoms in total. The summed E-state index contributed by atoms with van der Waals surface area (Å²) in [6.45, 7) is 1.96. The van der Waals surface area contributed by atoms with Crippen LogP contribution < -0.4 is 10.1 Å². The van der Waals surface area contributed by atoms with E-state index < -0.39 is 0 Å². The molecule has 0 radical (unpaired) electrons. The van der Waals surface area contributed by atoms with Crippen LogP contribution in [0.15, 0.2) is 67.1 Å². The van der Waals surface area contributed by atoms with Crippen LogP contribution in [0.5, 0.6) is 5.88 Å². The molecule has 0 unspecified atom stereocenters. The zero-order valence-electron chi connectivity index (χ0n) is 14.6. The van der Waals surface area contributed by atoms with Crippen LogP contribution in [0.1, 0.15) is 11.1 Å². The van der Waals surface area contributed by atoms with Gasteiger partial charge in [0.05, 0.1) is 7.11 Å². The fourth-order valence-electron chi connectivity index (χ4n) is 2.43. The lowest BCUT2D eigenvalue weighted by atomic mass is 10.0. The number of amides is 1. The molecule has 5 heteroatoms. The van der Waals surface area contributed by atoms with Crippen LogP contribution in [-0.2, 0) is 4.79 Å². The molecule has 3 rings (SSSR count). The van der Waals surface area contributed by atoms with Gasteiger partial charge in [0.1, 0.15) is 0 Å². The van der Waals surface area contributed by atoms with Gasteiger partial charge >= 0.3 is 0 Å². The maximum atomic E-state index is 12.2. The van der Waals surface area contributed by atoms with Crippen LogP contribution >= 0.6 is 0 Å². The van der Waals surface area contributed by atoms with Crippen molar-refractivity contribution in [1.82, 2.24) is 9.97 Å². The van der Waals surface area contributed by atoms with E-state index in [0.717, 1.165) is 27.9 Å². The fourth-order valence-corrected chi connectivity index (χ4v) is 2.43. The normalized spacial score (nSPS) is 10.7. The first kappa shape index (κ1) is 17.4. The van der Waals surface area contributed by atoms with Crippen molar-refractivity contribution in [3.8, 4) is 17.0 Å². The monoisotopic (exact) mass is 345 g/mol. The van der Waals surface area contributed by atoms with Crippen molar-refractivity contribution in [3.05, 3.63) is 78.3 Å². The largest absolute Gasteiger partial charge is 0.481 e. The molecule has 130 valence electrons. The van der Waals surface area contributed by atoms with Crippen molar-refractivity contribution in [2.75, 3.05) is 12.4 Å². The van der Waals surface area contributed by atoms with Gasteiger partial charge < -0.3 is 10.1 Å². The topological polar surface area (TPSA) is 64.1 Å². The van der Waals surface area contributed by atoms with Crippen molar-refractivity contribution in [2.24, 2.45) is 0 Å². The number of pyridine rings is 2. The van der Waals surface area contributed by atoms with Crippen LogP contribution in [0, 0.1) is 6.92 Å². The summed E-state index contributed by atoms with van der Waals surface area (Å²) in [4.78, 5) is 20.4. The maximum absolute atomic E-state index is 12.2. The van der Waals surface area contributed by atoms with Gasteiger partial charge in [0.2, 0.25) is 11.8 Å². The molecule has 0 bridgehead atoms. The fraction of sp³-hybridized carbons (Fsp3) is 0.0952. The number of methoxy groups -OCH3 is 1. The van der Waals surface area contributed by atoms with E-state index in [2.05, 4.69) is 15.3 Å². The van der Waals surface area contributed by atoms with Gasteiger partial charge in [0, 0.05) is 42.0 Å². The smallest absolute Gasteiger partial charge is 0.248 e. The van der Waals surface area contributed by atoms with Crippen molar-refractivity contribution in [3.63, 3.8) is 0 Å². The minimum absolute atomic E-state index is 0.185. The number of rotatable bonds is 5. The molecule has 0 aliphatic rings. The highest BCUT2D eigenvalue weighted by Gasteiger charge is 2.06. The van der Waals surface area contributed by atoms with Crippen LogP contribution in [0.2, 0.25) is 0 Å². The highest BCUT2D eigenvalue weighted by Crippen LogP contribution is 2.26. The van der Waals surface area contributed by atoms with Gasteiger partial charge in [-0.15, -0.1) is 0 Å². The predicted octanol–water partition coefficient (Wildman–Crippen LogP) is 4.11. The van der Waals surface area contributed by atoms with E-state index in [-0.39, 0.29) is 5.91 Å². The molecular weight excluding hydrogens is 326 g/mol. The van der Waals surface area contributed by atoms with Gasteiger partial charge in [-0.25, -0.2) is 4.98 Å². The second-order valence-corrected chi connectivity index (χ2v) is 5.72. The molecule has 1 amide bonds. The zero-order chi connectivity index (χ0) is 18.4. The molecule has 0 aliphatic heterocycles. The molecule has 0 aliphatic carbocycles. The van der Waals surface area contributed by atoms with Gasteiger partial charge in [-0.05, 0) is 54.0 Å². The third kappa shape index (κ3) is 4.33. The van der Waals surface area contributed by atoms with E-state index in [1.54, 1.807) is 31.8 Å². The molecule has 0 saturated carbocycles. The Bertz CT molecular complexity index is 920. The number of hydrogen-bond acceptors (Lipinski definition) is 4. The Hall–Kier alpha value is -3.47. The van der Waals surface area contributed by atoms with Crippen LogP contribution in [-0.4, -0.2) is 23.0 Å². The van der Waals surface area contributed by atoms with E-state index in [1.807, 2.05) is 49.4 Å². The molecule has 1 N–H and O–H groups in total. The Morgan fingerprint density at radius 2 is 1.85 bits per heavy atom. The molecule has 1 aromatic carbocycles. The lowest BCUT2D eigenvalue weighted by molar-refractivity contribution is -0.111. The molecule has 26 heavy (non-hydrogen) atoms. The highest BCUT2D eigenvalue weighted by atomic mass is 16.5. The first-order valence-electron chi connectivity index (χ1n) is 8.16. The number of nitrogens with one attached hydrogen (secondary N) is 1. The number of hydrogen-bond donors (Lipinski definition) is 1.